The highest BCUT2D eigenvalue weighted by Crippen LogP contribution is 2.17. The molecule has 1 atom stereocenters. The molecule has 1 fully saturated rings. The fourth-order valence-electron chi connectivity index (χ4n) is 2.59. The molecule has 0 bridgehead atoms. The van der Waals surface area contributed by atoms with Crippen molar-refractivity contribution in [2.24, 2.45) is 0 Å². The van der Waals surface area contributed by atoms with Crippen molar-refractivity contribution < 1.29 is 14.6 Å². The zero-order valence-corrected chi connectivity index (χ0v) is 12.2. The largest absolute Gasteiger partial charge is 0.371 e. The van der Waals surface area contributed by atoms with Crippen LogP contribution in [-0.4, -0.2) is 30.0 Å². The summed E-state index contributed by atoms with van der Waals surface area (Å²) < 4.78 is 5.12. The van der Waals surface area contributed by atoms with Crippen LogP contribution in [0.1, 0.15) is 37.7 Å². The molecule has 114 valence electrons. The first-order chi connectivity index (χ1) is 10.3. The fourth-order valence-corrected chi connectivity index (χ4v) is 2.59. The topological polar surface area (TPSA) is 58.6 Å². The van der Waals surface area contributed by atoms with Gasteiger partial charge in [0.15, 0.2) is 6.10 Å². The molecular formula is C17H23NO3. The molecule has 1 amide bonds. The quantitative estimate of drug-likeness (QED) is 0.791. The number of carbonyl (C=O) groups is 1. The molecule has 1 aliphatic carbocycles. The van der Waals surface area contributed by atoms with Gasteiger partial charge in [-0.25, -0.2) is 0 Å². The normalized spacial score (nSPS) is 17.8. The molecule has 0 aliphatic heterocycles. The van der Waals surface area contributed by atoms with Gasteiger partial charge in [0.25, 0.3) is 5.91 Å². The van der Waals surface area contributed by atoms with Crippen LogP contribution in [0, 0.1) is 0 Å². The van der Waals surface area contributed by atoms with Crippen LogP contribution >= 0.6 is 0 Å². The summed E-state index contributed by atoms with van der Waals surface area (Å²) in [5.41, 5.74) is 0.995. The van der Waals surface area contributed by atoms with Gasteiger partial charge in [-0.2, -0.15) is 0 Å². The highest BCUT2D eigenvalue weighted by atomic mass is 16.6. The Hall–Kier alpha value is -1.65. The van der Waals surface area contributed by atoms with Crippen molar-refractivity contribution in [3.63, 3.8) is 0 Å². The number of hydrogen-bond donors (Lipinski definition) is 2. The lowest BCUT2D eigenvalue weighted by Gasteiger charge is -2.24. The Labute approximate surface area is 125 Å². The maximum atomic E-state index is 12.2. The summed E-state index contributed by atoms with van der Waals surface area (Å²) in [6.07, 6.45) is 8.39. The van der Waals surface area contributed by atoms with Gasteiger partial charge in [0.05, 0.1) is 0 Å². The number of amides is 1. The summed E-state index contributed by atoms with van der Waals surface area (Å²) in [7, 11) is 0. The second-order valence-corrected chi connectivity index (χ2v) is 5.33. The zero-order chi connectivity index (χ0) is 14.9. The number of aliphatic hydroxyl groups excluding tert-OH is 1. The van der Waals surface area contributed by atoms with Gasteiger partial charge in [0.2, 0.25) is 0 Å². The van der Waals surface area contributed by atoms with E-state index in [2.05, 4.69) is 5.32 Å². The highest BCUT2D eigenvalue weighted by Gasteiger charge is 2.21. The van der Waals surface area contributed by atoms with Crippen LogP contribution < -0.4 is 5.32 Å². The predicted molar refractivity (Wildman–Crippen MR) is 82.5 cm³/mol. The first kappa shape index (κ1) is 15.7. The van der Waals surface area contributed by atoms with Gasteiger partial charge in [-0.05, 0) is 24.5 Å². The van der Waals surface area contributed by atoms with Crippen LogP contribution in [0.3, 0.4) is 0 Å². The molecule has 1 aromatic carbocycles. The summed E-state index contributed by atoms with van der Waals surface area (Å²) in [5.74, 6) is -0.178. The third-order valence-electron chi connectivity index (χ3n) is 3.73. The number of ether oxygens (including phenoxy) is 1. The maximum absolute atomic E-state index is 12.2. The molecule has 21 heavy (non-hydrogen) atoms. The summed E-state index contributed by atoms with van der Waals surface area (Å²) >= 11 is 0. The first-order valence-corrected chi connectivity index (χ1v) is 7.55. The zero-order valence-electron chi connectivity index (χ0n) is 12.2. The molecule has 2 N–H and O–H groups in total. The minimum Gasteiger partial charge on any atom is -0.371 e. The van der Waals surface area contributed by atoms with E-state index >= 15 is 0 Å². The number of hydrogen-bond acceptors (Lipinski definition) is 3. The van der Waals surface area contributed by atoms with E-state index in [9.17, 15) is 4.79 Å². The van der Waals surface area contributed by atoms with Crippen molar-refractivity contribution in [3.05, 3.63) is 42.0 Å². The number of nitrogens with one attached hydrogen (secondary N) is 1. The van der Waals surface area contributed by atoms with E-state index in [1.165, 1.54) is 6.42 Å². The molecule has 1 aromatic rings. The molecule has 2 rings (SSSR count). The molecule has 0 aromatic heterocycles. The lowest BCUT2D eigenvalue weighted by atomic mass is 9.95. The number of aliphatic hydroxyl groups is 1. The molecule has 0 heterocycles. The third kappa shape index (κ3) is 5.33. The van der Waals surface area contributed by atoms with Crippen LogP contribution in [0.4, 0.5) is 0 Å². The van der Waals surface area contributed by atoms with Crippen LogP contribution in [-0.2, 0) is 9.53 Å². The Morgan fingerprint density at radius 2 is 2.00 bits per heavy atom. The van der Waals surface area contributed by atoms with Crippen LogP contribution in [0.25, 0.3) is 6.08 Å². The molecule has 4 nitrogen and oxygen atoms in total. The summed E-state index contributed by atoms with van der Waals surface area (Å²) in [4.78, 5) is 12.2. The van der Waals surface area contributed by atoms with Gasteiger partial charge in [-0.15, -0.1) is 0 Å². The van der Waals surface area contributed by atoms with Gasteiger partial charge in [0, 0.05) is 6.04 Å². The molecule has 0 saturated heterocycles. The molecule has 0 spiro atoms. The predicted octanol–water partition coefficient (Wildman–Crippen LogP) is 2.48. The number of benzene rings is 1. The lowest BCUT2D eigenvalue weighted by molar-refractivity contribution is -0.136. The SMILES string of the molecule is O=C(NC1CCCCC1)C(/C=C/c1ccccc1)OCO. The van der Waals surface area contributed by atoms with E-state index in [1.807, 2.05) is 36.4 Å². The summed E-state index contributed by atoms with van der Waals surface area (Å²) in [6, 6.07) is 9.94. The second kappa shape index (κ2) is 8.60. The van der Waals surface area contributed by atoms with E-state index < -0.39 is 12.9 Å². The van der Waals surface area contributed by atoms with E-state index in [0.29, 0.717) is 0 Å². The molecular weight excluding hydrogens is 266 g/mol. The van der Waals surface area contributed by atoms with Gasteiger partial charge < -0.3 is 15.2 Å². The van der Waals surface area contributed by atoms with Crippen molar-refractivity contribution in [1.29, 1.82) is 0 Å². The Balaban J connectivity index is 1.93. The molecule has 1 unspecified atom stereocenters. The second-order valence-electron chi connectivity index (χ2n) is 5.33. The fraction of sp³-hybridized carbons (Fsp3) is 0.471. The summed E-state index contributed by atoms with van der Waals surface area (Å²) in [6.45, 7) is -0.470. The van der Waals surface area contributed by atoms with Gasteiger partial charge in [0.1, 0.15) is 6.79 Å². The number of rotatable bonds is 6. The lowest BCUT2D eigenvalue weighted by Crippen LogP contribution is -2.42. The Morgan fingerprint density at radius 1 is 1.29 bits per heavy atom. The van der Waals surface area contributed by atoms with Crippen LogP contribution in [0.5, 0.6) is 0 Å². The standard InChI is InChI=1S/C17H23NO3/c19-13-21-16(12-11-14-7-3-1-4-8-14)17(20)18-15-9-5-2-6-10-15/h1,3-4,7-8,11-12,15-16,19H,2,5-6,9-10,13H2,(H,18,20)/b12-11+. The van der Waals surface area contributed by atoms with Crippen molar-refractivity contribution in [1.82, 2.24) is 5.32 Å². The van der Waals surface area contributed by atoms with E-state index in [4.69, 9.17) is 9.84 Å². The van der Waals surface area contributed by atoms with Crippen molar-refractivity contribution in [2.45, 2.75) is 44.2 Å². The summed E-state index contributed by atoms with van der Waals surface area (Å²) in [5, 5.41) is 12.0. The van der Waals surface area contributed by atoms with Crippen LogP contribution in [0.15, 0.2) is 36.4 Å². The Kier molecular flexibility index (Phi) is 6.44. The average molecular weight is 289 g/mol. The van der Waals surface area contributed by atoms with E-state index in [0.717, 1.165) is 31.2 Å². The van der Waals surface area contributed by atoms with Crippen molar-refractivity contribution in [3.8, 4) is 0 Å². The van der Waals surface area contributed by atoms with Crippen molar-refractivity contribution >= 4 is 12.0 Å². The van der Waals surface area contributed by atoms with Crippen LogP contribution in [0.2, 0.25) is 0 Å². The maximum Gasteiger partial charge on any atom is 0.253 e. The molecule has 4 heteroatoms. The van der Waals surface area contributed by atoms with Gasteiger partial charge >= 0.3 is 0 Å². The van der Waals surface area contributed by atoms with Crippen molar-refractivity contribution in [2.75, 3.05) is 6.79 Å². The number of carbonyl (C=O) groups excluding carboxylic acids is 1. The molecule has 0 radical (unpaired) electrons. The van der Waals surface area contributed by atoms with E-state index in [-0.39, 0.29) is 11.9 Å². The van der Waals surface area contributed by atoms with Gasteiger partial charge in [-0.3, -0.25) is 4.79 Å². The minimum atomic E-state index is -0.753. The van der Waals surface area contributed by atoms with Gasteiger partial charge in [-0.1, -0.05) is 55.7 Å². The van der Waals surface area contributed by atoms with E-state index in [1.54, 1.807) is 6.08 Å². The average Bonchev–Trinajstić information content (AvgIpc) is 2.53. The monoisotopic (exact) mass is 289 g/mol. The smallest absolute Gasteiger partial charge is 0.253 e. The molecule has 1 aliphatic rings. The minimum absolute atomic E-state index is 0.178. The first-order valence-electron chi connectivity index (χ1n) is 7.55. The Bertz CT molecular complexity index is 452. The Morgan fingerprint density at radius 3 is 2.67 bits per heavy atom. The highest BCUT2D eigenvalue weighted by molar-refractivity contribution is 5.84. The molecule has 1 saturated carbocycles. The third-order valence-corrected chi connectivity index (χ3v) is 3.73.